The third-order valence-corrected chi connectivity index (χ3v) is 11.1. The van der Waals surface area contributed by atoms with Crippen LogP contribution >= 0.6 is 0 Å². The molecule has 7 aromatic carbocycles. The van der Waals surface area contributed by atoms with Crippen LogP contribution in [0, 0.1) is 0 Å². The van der Waals surface area contributed by atoms with Gasteiger partial charge >= 0.3 is 0 Å². The molecule has 0 radical (unpaired) electrons. The standard InChI is InChI=1S/C54H35N5/c1-4-12-36(13-5-1)37-20-26-42(27-21-37)49-34-48(40-14-6-2-7-15-40)56-53(57-49)44-30-24-39(25-31-44)38-22-28-43(29-23-38)52-46-32-33-59-35-50(41-16-8-3-9-17-41)58-54(59)51(46)45-18-10-11-19-47(45)55-52/h1-35H. The van der Waals surface area contributed by atoms with Crippen molar-refractivity contribution in [3.05, 3.63) is 213 Å². The fourth-order valence-corrected chi connectivity index (χ4v) is 8.02. The van der Waals surface area contributed by atoms with Crippen molar-refractivity contribution in [2.24, 2.45) is 0 Å². The zero-order valence-corrected chi connectivity index (χ0v) is 31.9. The van der Waals surface area contributed by atoms with Gasteiger partial charge in [-0.2, -0.15) is 0 Å². The summed E-state index contributed by atoms with van der Waals surface area (Å²) >= 11 is 0. The normalized spacial score (nSPS) is 11.4. The first kappa shape index (κ1) is 34.2. The molecule has 11 rings (SSSR count). The Morgan fingerprint density at radius 2 is 0.780 bits per heavy atom. The molecule has 11 aromatic rings. The molecule has 0 aliphatic carbocycles. The summed E-state index contributed by atoms with van der Waals surface area (Å²) in [6.45, 7) is 0. The van der Waals surface area contributed by atoms with Crippen molar-refractivity contribution >= 4 is 27.3 Å². The molecule has 0 bridgehead atoms. The smallest absolute Gasteiger partial charge is 0.160 e. The lowest BCUT2D eigenvalue weighted by molar-refractivity contribution is 1.18. The molecule has 0 aliphatic rings. The van der Waals surface area contributed by atoms with E-state index in [0.717, 1.165) is 89.0 Å². The third-order valence-electron chi connectivity index (χ3n) is 11.1. The average molecular weight is 754 g/mol. The molecule has 4 heterocycles. The predicted octanol–water partition coefficient (Wildman–Crippen LogP) is 13.5. The van der Waals surface area contributed by atoms with Crippen molar-refractivity contribution in [1.82, 2.24) is 24.3 Å². The number of para-hydroxylation sites is 1. The molecule has 5 nitrogen and oxygen atoms in total. The van der Waals surface area contributed by atoms with E-state index in [1.807, 2.05) is 36.4 Å². The first-order valence-electron chi connectivity index (χ1n) is 19.8. The SMILES string of the molecule is c1ccc(-c2ccc(-c3cc(-c4ccccc4)nc(-c4ccc(-c5ccc(-c6nc7ccccc7c7c6ccn6cc(-c8ccccc8)nc76)cc5)cc4)n3)cc2)cc1. The topological polar surface area (TPSA) is 56.0 Å². The molecule has 4 aromatic heterocycles. The molecular weight excluding hydrogens is 719 g/mol. The summed E-state index contributed by atoms with van der Waals surface area (Å²) in [5, 5.41) is 3.26. The van der Waals surface area contributed by atoms with E-state index in [4.69, 9.17) is 19.9 Å². The van der Waals surface area contributed by atoms with Crippen LogP contribution in [0.3, 0.4) is 0 Å². The fourth-order valence-electron chi connectivity index (χ4n) is 8.02. The fraction of sp³-hybridized carbons (Fsp3) is 0. The van der Waals surface area contributed by atoms with Gasteiger partial charge in [0.15, 0.2) is 5.82 Å². The highest BCUT2D eigenvalue weighted by Gasteiger charge is 2.17. The van der Waals surface area contributed by atoms with Gasteiger partial charge in [-0.3, -0.25) is 0 Å². The van der Waals surface area contributed by atoms with Crippen LogP contribution in [-0.2, 0) is 0 Å². The number of rotatable bonds is 7. The zero-order valence-electron chi connectivity index (χ0n) is 31.9. The van der Waals surface area contributed by atoms with Crippen LogP contribution in [0.4, 0.5) is 0 Å². The van der Waals surface area contributed by atoms with Crippen molar-refractivity contribution in [2.45, 2.75) is 0 Å². The molecule has 276 valence electrons. The molecule has 59 heavy (non-hydrogen) atoms. The van der Waals surface area contributed by atoms with Gasteiger partial charge in [0.2, 0.25) is 0 Å². The lowest BCUT2D eigenvalue weighted by atomic mass is 9.98. The number of hydrogen-bond donors (Lipinski definition) is 0. The van der Waals surface area contributed by atoms with Crippen LogP contribution in [0.15, 0.2) is 213 Å². The monoisotopic (exact) mass is 753 g/mol. The van der Waals surface area contributed by atoms with Crippen molar-refractivity contribution in [3.8, 4) is 78.7 Å². The van der Waals surface area contributed by atoms with Crippen molar-refractivity contribution in [2.75, 3.05) is 0 Å². The van der Waals surface area contributed by atoms with Gasteiger partial charge in [0.05, 0.1) is 28.3 Å². The first-order valence-corrected chi connectivity index (χ1v) is 19.8. The molecule has 0 aliphatic heterocycles. The molecule has 0 amide bonds. The molecule has 0 fully saturated rings. The summed E-state index contributed by atoms with van der Waals surface area (Å²) < 4.78 is 2.13. The van der Waals surface area contributed by atoms with Gasteiger partial charge < -0.3 is 4.40 Å². The highest BCUT2D eigenvalue weighted by molar-refractivity contribution is 6.16. The Bertz CT molecular complexity index is 3270. The summed E-state index contributed by atoms with van der Waals surface area (Å²) in [5.74, 6) is 0.687. The molecule has 0 spiro atoms. The van der Waals surface area contributed by atoms with E-state index in [0.29, 0.717) is 5.82 Å². The number of benzene rings is 7. The van der Waals surface area contributed by atoms with Gasteiger partial charge in [-0.1, -0.05) is 182 Å². The number of fused-ring (bicyclic) bond motifs is 5. The van der Waals surface area contributed by atoms with Crippen LogP contribution in [0.5, 0.6) is 0 Å². The number of hydrogen-bond acceptors (Lipinski definition) is 4. The Morgan fingerprint density at radius 1 is 0.322 bits per heavy atom. The Morgan fingerprint density at radius 3 is 1.39 bits per heavy atom. The van der Waals surface area contributed by atoms with Gasteiger partial charge in [-0.15, -0.1) is 0 Å². The van der Waals surface area contributed by atoms with E-state index < -0.39 is 0 Å². The highest BCUT2D eigenvalue weighted by Crippen LogP contribution is 2.37. The zero-order chi connectivity index (χ0) is 39.1. The maximum absolute atomic E-state index is 5.22. The van der Waals surface area contributed by atoms with E-state index in [1.54, 1.807) is 0 Å². The minimum absolute atomic E-state index is 0.687. The summed E-state index contributed by atoms with van der Waals surface area (Å²) in [6.07, 6.45) is 4.20. The summed E-state index contributed by atoms with van der Waals surface area (Å²) in [6, 6.07) is 69.5. The van der Waals surface area contributed by atoms with Crippen molar-refractivity contribution < 1.29 is 0 Å². The highest BCUT2D eigenvalue weighted by atomic mass is 15.0. The van der Waals surface area contributed by atoms with Crippen LogP contribution in [-0.4, -0.2) is 24.3 Å². The van der Waals surface area contributed by atoms with E-state index in [-0.39, 0.29) is 0 Å². The Balaban J connectivity index is 0.932. The Labute approximate surface area is 341 Å². The quantitative estimate of drug-likeness (QED) is 0.152. The maximum Gasteiger partial charge on any atom is 0.160 e. The largest absolute Gasteiger partial charge is 0.306 e. The molecule has 0 atom stereocenters. The van der Waals surface area contributed by atoms with E-state index in [1.165, 1.54) is 11.1 Å². The lowest BCUT2D eigenvalue weighted by Gasteiger charge is -2.12. The number of nitrogens with zero attached hydrogens (tertiary/aromatic N) is 5. The number of imidazole rings is 1. The van der Waals surface area contributed by atoms with Crippen LogP contribution < -0.4 is 0 Å². The second kappa shape index (κ2) is 14.5. The van der Waals surface area contributed by atoms with Gasteiger partial charge in [0.25, 0.3) is 0 Å². The number of pyridine rings is 2. The molecular formula is C54H35N5. The van der Waals surface area contributed by atoms with Crippen molar-refractivity contribution in [1.29, 1.82) is 0 Å². The second-order valence-electron chi connectivity index (χ2n) is 14.7. The third kappa shape index (κ3) is 6.41. The minimum atomic E-state index is 0.687. The second-order valence-corrected chi connectivity index (χ2v) is 14.7. The minimum Gasteiger partial charge on any atom is -0.306 e. The molecule has 0 N–H and O–H groups in total. The molecule has 0 saturated heterocycles. The van der Waals surface area contributed by atoms with E-state index in [9.17, 15) is 0 Å². The van der Waals surface area contributed by atoms with E-state index >= 15 is 0 Å². The average Bonchev–Trinajstić information content (AvgIpc) is 3.77. The van der Waals surface area contributed by atoms with Crippen molar-refractivity contribution in [3.63, 3.8) is 0 Å². The summed E-state index contributed by atoms with van der Waals surface area (Å²) in [5.41, 5.74) is 15.3. The molecule has 5 heteroatoms. The van der Waals surface area contributed by atoms with Gasteiger partial charge in [0.1, 0.15) is 5.65 Å². The summed E-state index contributed by atoms with van der Waals surface area (Å²) in [4.78, 5) is 20.6. The van der Waals surface area contributed by atoms with Crippen LogP contribution in [0.1, 0.15) is 0 Å². The van der Waals surface area contributed by atoms with Gasteiger partial charge in [-0.25, -0.2) is 19.9 Å². The lowest BCUT2D eigenvalue weighted by Crippen LogP contribution is -1.96. The van der Waals surface area contributed by atoms with Gasteiger partial charge in [-0.05, 0) is 40.5 Å². The first-order chi connectivity index (χ1) is 29.2. The molecule has 0 unspecified atom stereocenters. The Kier molecular flexibility index (Phi) is 8.41. The molecule has 0 saturated carbocycles. The van der Waals surface area contributed by atoms with Gasteiger partial charge in [0, 0.05) is 56.4 Å². The van der Waals surface area contributed by atoms with Crippen LogP contribution in [0.25, 0.3) is 106 Å². The predicted molar refractivity (Wildman–Crippen MR) is 242 cm³/mol. The summed E-state index contributed by atoms with van der Waals surface area (Å²) in [7, 11) is 0. The number of aromatic nitrogens is 5. The maximum atomic E-state index is 5.22. The Hall–Kier alpha value is -8.02. The van der Waals surface area contributed by atoms with Crippen LogP contribution in [0.2, 0.25) is 0 Å². The van der Waals surface area contributed by atoms with E-state index in [2.05, 4.69) is 181 Å².